The molecule has 0 spiro atoms. The van der Waals surface area contributed by atoms with Gasteiger partial charge in [0.15, 0.2) is 0 Å². The summed E-state index contributed by atoms with van der Waals surface area (Å²) in [6.07, 6.45) is 4.69. The summed E-state index contributed by atoms with van der Waals surface area (Å²) in [5.74, 6) is 1.01. The zero-order chi connectivity index (χ0) is 18.3. The van der Waals surface area contributed by atoms with Crippen LogP contribution in [0.1, 0.15) is 53.7 Å². The van der Waals surface area contributed by atoms with Crippen LogP contribution in [0.4, 0.5) is 0 Å². The molecule has 2 aliphatic heterocycles. The zero-order valence-corrected chi connectivity index (χ0v) is 18.6. The number of rotatable bonds is 2. The summed E-state index contributed by atoms with van der Waals surface area (Å²) in [6.45, 7) is 13.3. The van der Waals surface area contributed by atoms with Crippen molar-refractivity contribution in [2.75, 3.05) is 39.3 Å². The lowest BCUT2D eigenvalue weighted by Crippen LogP contribution is -2.49. The van der Waals surface area contributed by atoms with Gasteiger partial charge in [-0.05, 0) is 48.6 Å². The minimum Gasteiger partial charge on any atom is -0.336 e. The molecule has 2 saturated heterocycles. The first-order valence-electron chi connectivity index (χ1n) is 10.3. The molecule has 1 aromatic heterocycles. The van der Waals surface area contributed by atoms with Crippen LogP contribution in [0, 0.1) is 11.3 Å². The van der Waals surface area contributed by atoms with Crippen molar-refractivity contribution in [1.29, 1.82) is 0 Å². The number of halogens is 1. The summed E-state index contributed by atoms with van der Waals surface area (Å²) in [7, 11) is 0. The zero-order valence-electron chi connectivity index (χ0n) is 16.9. The molecular formula is C21H34ClN3OS. The molecule has 0 saturated carbocycles. The second-order valence-corrected chi connectivity index (χ2v) is 10.5. The van der Waals surface area contributed by atoms with Gasteiger partial charge in [0.25, 0.3) is 5.91 Å². The number of hydrogen-bond acceptors (Lipinski definition) is 4. The van der Waals surface area contributed by atoms with Crippen LogP contribution >= 0.6 is 23.7 Å². The molecule has 3 aliphatic rings. The number of carbonyl (C=O) groups excluding carboxylic acids is 1. The van der Waals surface area contributed by atoms with Crippen LogP contribution in [0.25, 0.3) is 0 Å². The van der Waals surface area contributed by atoms with Crippen molar-refractivity contribution in [2.45, 2.75) is 52.5 Å². The third-order valence-electron chi connectivity index (χ3n) is 6.64. The van der Waals surface area contributed by atoms with E-state index in [1.165, 1.54) is 16.9 Å². The van der Waals surface area contributed by atoms with Gasteiger partial charge in [-0.1, -0.05) is 20.8 Å². The van der Waals surface area contributed by atoms with Crippen LogP contribution in [-0.2, 0) is 12.8 Å². The monoisotopic (exact) mass is 411 g/mol. The van der Waals surface area contributed by atoms with E-state index in [1.807, 2.05) is 0 Å². The van der Waals surface area contributed by atoms with Crippen molar-refractivity contribution in [3.05, 3.63) is 21.4 Å². The maximum atomic E-state index is 13.1. The Labute approximate surface area is 174 Å². The minimum atomic E-state index is 0. The summed E-state index contributed by atoms with van der Waals surface area (Å²) in [6, 6.07) is 2.78. The highest BCUT2D eigenvalue weighted by atomic mass is 35.5. The lowest BCUT2D eigenvalue weighted by molar-refractivity contribution is 0.0778. The molecule has 3 heterocycles. The SMILES string of the molecule is CC(C)(C)C1CCc2sc(C(=O)N3CCC(N4CCNCC4)C3)cc2C1.Cl. The molecule has 4 rings (SSSR count). The van der Waals surface area contributed by atoms with Gasteiger partial charge < -0.3 is 10.2 Å². The lowest BCUT2D eigenvalue weighted by atomic mass is 9.72. The molecule has 152 valence electrons. The van der Waals surface area contributed by atoms with Gasteiger partial charge in [-0.3, -0.25) is 9.69 Å². The second-order valence-electron chi connectivity index (χ2n) is 9.34. The predicted octanol–water partition coefficient (Wildman–Crippen LogP) is 3.44. The van der Waals surface area contributed by atoms with Crippen LogP contribution in [-0.4, -0.2) is 61.0 Å². The van der Waals surface area contributed by atoms with E-state index in [4.69, 9.17) is 0 Å². The molecule has 1 aromatic rings. The van der Waals surface area contributed by atoms with Crippen LogP contribution in [0.3, 0.4) is 0 Å². The molecule has 27 heavy (non-hydrogen) atoms. The molecule has 1 amide bonds. The molecule has 1 N–H and O–H groups in total. The van der Waals surface area contributed by atoms with Crippen LogP contribution < -0.4 is 5.32 Å². The van der Waals surface area contributed by atoms with Crippen LogP contribution in [0.5, 0.6) is 0 Å². The smallest absolute Gasteiger partial charge is 0.263 e. The molecule has 2 fully saturated rings. The fraction of sp³-hybridized carbons (Fsp3) is 0.762. The standard InChI is InChI=1S/C21H33N3OS.ClH/c1-21(2,3)16-4-5-18-15(12-16)13-19(26-18)20(25)24-9-6-17(14-24)23-10-7-22-8-11-23;/h13,16-17,22H,4-12,14H2,1-3H3;1H. The Morgan fingerprint density at radius 3 is 2.63 bits per heavy atom. The van der Waals surface area contributed by atoms with Gasteiger partial charge in [-0.2, -0.15) is 0 Å². The highest BCUT2D eigenvalue weighted by Gasteiger charge is 2.34. The van der Waals surface area contributed by atoms with Gasteiger partial charge in [0.1, 0.15) is 0 Å². The van der Waals surface area contributed by atoms with Gasteiger partial charge in [0.2, 0.25) is 0 Å². The molecule has 2 atom stereocenters. The average Bonchev–Trinajstić information content (AvgIpc) is 3.27. The Morgan fingerprint density at radius 1 is 1.19 bits per heavy atom. The average molecular weight is 412 g/mol. The molecule has 0 bridgehead atoms. The molecule has 2 unspecified atom stereocenters. The Morgan fingerprint density at radius 2 is 1.93 bits per heavy atom. The first-order chi connectivity index (χ1) is 12.4. The van der Waals surface area contributed by atoms with Crippen molar-refractivity contribution in [2.24, 2.45) is 11.3 Å². The van der Waals surface area contributed by atoms with Crippen molar-refractivity contribution in [1.82, 2.24) is 15.1 Å². The van der Waals surface area contributed by atoms with E-state index in [9.17, 15) is 4.79 Å². The van der Waals surface area contributed by atoms with E-state index in [0.717, 1.165) is 69.3 Å². The largest absolute Gasteiger partial charge is 0.336 e. The van der Waals surface area contributed by atoms with Gasteiger partial charge in [0.05, 0.1) is 4.88 Å². The number of nitrogens with one attached hydrogen (secondary N) is 1. The number of carbonyl (C=O) groups is 1. The number of aryl methyl sites for hydroxylation is 1. The summed E-state index contributed by atoms with van der Waals surface area (Å²) in [5, 5.41) is 3.42. The van der Waals surface area contributed by atoms with Gasteiger partial charge in [-0.25, -0.2) is 0 Å². The molecule has 0 aromatic carbocycles. The summed E-state index contributed by atoms with van der Waals surface area (Å²) in [4.78, 5) is 20.2. The molecule has 4 nitrogen and oxygen atoms in total. The lowest BCUT2D eigenvalue weighted by Gasteiger charge is -2.33. The number of piperazine rings is 1. The number of fused-ring (bicyclic) bond motifs is 1. The van der Waals surface area contributed by atoms with E-state index >= 15 is 0 Å². The Balaban J connectivity index is 0.00000210. The third kappa shape index (κ3) is 4.52. The van der Waals surface area contributed by atoms with E-state index in [2.05, 4.69) is 42.0 Å². The second kappa shape index (κ2) is 8.40. The van der Waals surface area contributed by atoms with E-state index in [0.29, 0.717) is 11.5 Å². The Bertz CT molecular complexity index is 663. The number of nitrogens with zero attached hydrogens (tertiary/aromatic N) is 2. The Kier molecular flexibility index (Phi) is 6.56. The molecule has 0 radical (unpaired) electrons. The van der Waals surface area contributed by atoms with Gasteiger partial charge >= 0.3 is 0 Å². The summed E-state index contributed by atoms with van der Waals surface area (Å²) >= 11 is 1.76. The highest BCUT2D eigenvalue weighted by molar-refractivity contribution is 7.14. The normalized spacial score (nSPS) is 26.6. The fourth-order valence-corrected chi connectivity index (χ4v) is 5.97. The maximum absolute atomic E-state index is 13.1. The first-order valence-corrected chi connectivity index (χ1v) is 11.1. The van der Waals surface area contributed by atoms with Crippen molar-refractivity contribution in [3.63, 3.8) is 0 Å². The number of hydrogen-bond donors (Lipinski definition) is 1. The van der Waals surface area contributed by atoms with Crippen LogP contribution in [0.2, 0.25) is 0 Å². The quantitative estimate of drug-likeness (QED) is 0.809. The molecule has 6 heteroatoms. The highest BCUT2D eigenvalue weighted by Crippen LogP contribution is 2.40. The van der Waals surface area contributed by atoms with Crippen molar-refractivity contribution < 1.29 is 4.79 Å². The Hall–Kier alpha value is -0.620. The maximum Gasteiger partial charge on any atom is 0.263 e. The van der Waals surface area contributed by atoms with E-state index in [1.54, 1.807) is 11.3 Å². The van der Waals surface area contributed by atoms with Crippen molar-refractivity contribution >= 4 is 29.7 Å². The first kappa shape index (κ1) is 21.1. The predicted molar refractivity (Wildman–Crippen MR) is 115 cm³/mol. The fourth-order valence-electron chi connectivity index (χ4n) is 4.80. The van der Waals surface area contributed by atoms with Crippen molar-refractivity contribution in [3.8, 4) is 0 Å². The molecular weight excluding hydrogens is 378 g/mol. The number of amides is 1. The summed E-state index contributed by atoms with van der Waals surface area (Å²) in [5.41, 5.74) is 1.80. The van der Waals surface area contributed by atoms with Gasteiger partial charge in [-0.15, -0.1) is 23.7 Å². The van der Waals surface area contributed by atoms with E-state index < -0.39 is 0 Å². The van der Waals surface area contributed by atoms with Crippen LogP contribution in [0.15, 0.2) is 6.07 Å². The van der Waals surface area contributed by atoms with E-state index in [-0.39, 0.29) is 18.3 Å². The summed E-state index contributed by atoms with van der Waals surface area (Å²) < 4.78 is 0. The molecule has 1 aliphatic carbocycles. The topological polar surface area (TPSA) is 35.6 Å². The third-order valence-corrected chi connectivity index (χ3v) is 7.86. The minimum absolute atomic E-state index is 0. The number of likely N-dealkylation sites (tertiary alicyclic amines) is 1. The van der Waals surface area contributed by atoms with Gasteiger partial charge in [0, 0.05) is 50.2 Å². The number of thiophene rings is 1.